The SMILES string of the molecule is Cc1nc2c(I)c(C)nn2[c]c1Cc1ccnc(F)c1. The van der Waals surface area contributed by atoms with E-state index in [1.165, 1.54) is 12.3 Å². The van der Waals surface area contributed by atoms with Gasteiger partial charge < -0.3 is 0 Å². The van der Waals surface area contributed by atoms with Gasteiger partial charge in [-0.2, -0.15) is 9.49 Å². The molecule has 3 heterocycles. The molecule has 0 aliphatic heterocycles. The van der Waals surface area contributed by atoms with Gasteiger partial charge in [0.2, 0.25) is 5.95 Å². The Hall–Kier alpha value is -1.57. The number of fused-ring (bicyclic) bond motifs is 1. The second-order valence-corrected chi connectivity index (χ2v) is 5.66. The Morgan fingerprint density at radius 2 is 2.15 bits per heavy atom. The fourth-order valence-electron chi connectivity index (χ4n) is 2.03. The zero-order chi connectivity index (χ0) is 14.3. The Labute approximate surface area is 129 Å². The van der Waals surface area contributed by atoms with E-state index in [9.17, 15) is 4.39 Å². The molecule has 0 aromatic carbocycles. The lowest BCUT2D eigenvalue weighted by atomic mass is 10.1. The van der Waals surface area contributed by atoms with Crippen LogP contribution in [0.2, 0.25) is 0 Å². The molecule has 1 radical (unpaired) electrons. The van der Waals surface area contributed by atoms with Crippen LogP contribution in [0.15, 0.2) is 18.3 Å². The summed E-state index contributed by atoms with van der Waals surface area (Å²) in [4.78, 5) is 8.12. The van der Waals surface area contributed by atoms with Gasteiger partial charge in [0.25, 0.3) is 0 Å². The lowest BCUT2D eigenvalue weighted by molar-refractivity contribution is 0.581. The van der Waals surface area contributed by atoms with Crippen molar-refractivity contribution in [3.8, 4) is 0 Å². The molecule has 0 spiro atoms. The van der Waals surface area contributed by atoms with Crippen LogP contribution in [-0.2, 0) is 6.42 Å². The van der Waals surface area contributed by atoms with E-state index in [0.717, 1.165) is 31.7 Å². The van der Waals surface area contributed by atoms with Gasteiger partial charge in [0.1, 0.15) is 0 Å². The third kappa shape index (κ3) is 2.39. The minimum atomic E-state index is -0.473. The van der Waals surface area contributed by atoms with Crippen LogP contribution in [0.1, 0.15) is 22.5 Å². The number of nitrogens with zero attached hydrogens (tertiary/aromatic N) is 4. The quantitative estimate of drug-likeness (QED) is 0.507. The van der Waals surface area contributed by atoms with Gasteiger partial charge in [-0.25, -0.2) is 14.5 Å². The van der Waals surface area contributed by atoms with Gasteiger partial charge in [0, 0.05) is 23.9 Å². The van der Waals surface area contributed by atoms with Crippen molar-refractivity contribution in [2.75, 3.05) is 0 Å². The van der Waals surface area contributed by atoms with Crippen molar-refractivity contribution < 1.29 is 4.39 Å². The van der Waals surface area contributed by atoms with Crippen molar-refractivity contribution in [1.29, 1.82) is 0 Å². The van der Waals surface area contributed by atoms with E-state index >= 15 is 0 Å². The molecule has 0 aliphatic carbocycles. The lowest BCUT2D eigenvalue weighted by Gasteiger charge is -2.05. The summed E-state index contributed by atoms with van der Waals surface area (Å²) in [7, 11) is 0. The van der Waals surface area contributed by atoms with Gasteiger partial charge in [-0.15, -0.1) is 0 Å². The molecule has 3 aromatic heterocycles. The molecule has 0 atom stereocenters. The van der Waals surface area contributed by atoms with Crippen molar-refractivity contribution in [3.63, 3.8) is 0 Å². The van der Waals surface area contributed by atoms with Gasteiger partial charge in [-0.3, -0.25) is 0 Å². The highest BCUT2D eigenvalue weighted by molar-refractivity contribution is 14.1. The van der Waals surface area contributed by atoms with Gasteiger partial charge in [0.15, 0.2) is 5.65 Å². The monoisotopic (exact) mass is 381 g/mol. The molecular weight excluding hydrogens is 370 g/mol. The molecule has 0 N–H and O–H groups in total. The maximum atomic E-state index is 13.1. The topological polar surface area (TPSA) is 43.1 Å². The molecule has 0 aliphatic rings. The second-order valence-electron chi connectivity index (χ2n) is 4.59. The van der Waals surface area contributed by atoms with Crippen LogP contribution in [0.5, 0.6) is 0 Å². The third-order valence-corrected chi connectivity index (χ3v) is 4.35. The van der Waals surface area contributed by atoms with E-state index < -0.39 is 5.95 Å². The second kappa shape index (κ2) is 5.08. The number of hydrogen-bond donors (Lipinski definition) is 0. The van der Waals surface area contributed by atoms with Crippen LogP contribution in [0.4, 0.5) is 4.39 Å². The predicted molar refractivity (Wildman–Crippen MR) is 81.0 cm³/mol. The van der Waals surface area contributed by atoms with Crippen LogP contribution in [-0.4, -0.2) is 19.6 Å². The number of aryl methyl sites for hydroxylation is 2. The van der Waals surface area contributed by atoms with Gasteiger partial charge in [-0.05, 0) is 54.1 Å². The average Bonchev–Trinajstić information content (AvgIpc) is 2.66. The lowest BCUT2D eigenvalue weighted by Crippen LogP contribution is -2.02. The Balaban J connectivity index is 2.05. The smallest absolute Gasteiger partial charge is 0.213 e. The van der Waals surface area contributed by atoms with E-state index in [1.807, 2.05) is 13.8 Å². The molecule has 20 heavy (non-hydrogen) atoms. The first-order valence-electron chi connectivity index (χ1n) is 6.08. The summed E-state index contributed by atoms with van der Waals surface area (Å²) >= 11 is 2.23. The normalized spacial score (nSPS) is 11.2. The fraction of sp³-hybridized carbons (Fsp3) is 0.214. The minimum Gasteiger partial charge on any atom is -0.233 e. The summed E-state index contributed by atoms with van der Waals surface area (Å²) in [6, 6.07) is 3.22. The summed E-state index contributed by atoms with van der Waals surface area (Å²) in [5.74, 6) is -0.473. The maximum absolute atomic E-state index is 13.1. The Kier molecular flexibility index (Phi) is 3.41. The molecule has 0 fully saturated rings. The molecule has 3 rings (SSSR count). The average molecular weight is 381 g/mol. The number of aromatic nitrogens is 4. The standard InChI is InChI=1S/C14H11FIN4/c1-8-11(5-10-3-4-17-12(15)6-10)7-20-14(18-8)13(16)9(2)19-20/h3-4,6H,5H2,1-2H3. The van der Waals surface area contributed by atoms with E-state index in [2.05, 4.69) is 43.9 Å². The summed E-state index contributed by atoms with van der Waals surface area (Å²) in [6.07, 6.45) is 5.24. The van der Waals surface area contributed by atoms with Crippen molar-refractivity contribution in [1.82, 2.24) is 19.6 Å². The molecule has 0 unspecified atom stereocenters. The summed E-state index contributed by atoms with van der Waals surface area (Å²) < 4.78 is 15.8. The molecular formula is C14H11FIN4. The maximum Gasteiger partial charge on any atom is 0.213 e. The largest absolute Gasteiger partial charge is 0.233 e. The Morgan fingerprint density at radius 1 is 1.35 bits per heavy atom. The number of pyridine rings is 1. The van der Waals surface area contributed by atoms with Crippen molar-refractivity contribution in [2.45, 2.75) is 20.3 Å². The van der Waals surface area contributed by atoms with Crippen LogP contribution >= 0.6 is 22.6 Å². The highest BCUT2D eigenvalue weighted by atomic mass is 127. The zero-order valence-corrected chi connectivity index (χ0v) is 13.1. The molecule has 101 valence electrons. The summed E-state index contributed by atoms with van der Waals surface area (Å²) in [5, 5.41) is 4.38. The zero-order valence-electron chi connectivity index (χ0n) is 11.0. The highest BCUT2D eigenvalue weighted by Crippen LogP contribution is 2.19. The third-order valence-electron chi connectivity index (χ3n) is 3.09. The van der Waals surface area contributed by atoms with E-state index in [4.69, 9.17) is 0 Å². The molecule has 3 aromatic rings. The Bertz CT molecular complexity index is 797. The number of halogens is 2. The molecule has 4 nitrogen and oxygen atoms in total. The van der Waals surface area contributed by atoms with Crippen LogP contribution in [0, 0.1) is 29.6 Å². The van der Waals surface area contributed by atoms with E-state index in [1.54, 1.807) is 10.6 Å². The molecule has 6 heteroatoms. The van der Waals surface area contributed by atoms with Gasteiger partial charge >= 0.3 is 0 Å². The summed E-state index contributed by atoms with van der Waals surface area (Å²) in [6.45, 7) is 3.87. The molecule has 0 saturated carbocycles. The van der Waals surface area contributed by atoms with Crippen LogP contribution in [0.3, 0.4) is 0 Å². The minimum absolute atomic E-state index is 0.473. The molecule has 0 bridgehead atoms. The van der Waals surface area contributed by atoms with Crippen LogP contribution < -0.4 is 0 Å². The summed E-state index contributed by atoms with van der Waals surface area (Å²) in [5.41, 5.74) is 4.37. The predicted octanol–water partition coefficient (Wildman–Crippen LogP) is 2.88. The van der Waals surface area contributed by atoms with Crippen LogP contribution in [0.25, 0.3) is 5.65 Å². The highest BCUT2D eigenvalue weighted by Gasteiger charge is 2.12. The first-order valence-corrected chi connectivity index (χ1v) is 7.16. The first kappa shape index (κ1) is 13.4. The fourth-order valence-corrected chi connectivity index (χ4v) is 2.49. The van der Waals surface area contributed by atoms with Gasteiger partial charge in [0.05, 0.1) is 15.5 Å². The molecule has 0 saturated heterocycles. The van der Waals surface area contributed by atoms with E-state index in [-0.39, 0.29) is 0 Å². The molecule has 0 amide bonds. The number of rotatable bonds is 2. The van der Waals surface area contributed by atoms with Crippen molar-refractivity contribution >= 4 is 28.2 Å². The van der Waals surface area contributed by atoms with Crippen molar-refractivity contribution in [3.05, 3.63) is 56.6 Å². The van der Waals surface area contributed by atoms with Crippen molar-refractivity contribution in [2.24, 2.45) is 0 Å². The first-order chi connectivity index (χ1) is 9.54. The Morgan fingerprint density at radius 3 is 2.90 bits per heavy atom. The van der Waals surface area contributed by atoms with E-state index in [0.29, 0.717) is 6.42 Å². The van der Waals surface area contributed by atoms with Gasteiger partial charge in [-0.1, -0.05) is 0 Å². The number of hydrogen-bond acceptors (Lipinski definition) is 3.